The maximum atomic E-state index is 15.9. The van der Waals surface area contributed by atoms with Gasteiger partial charge in [-0.1, -0.05) is 17.9 Å². The molecule has 0 fully saturated rings. The molecule has 5 rings (SSSR count). The van der Waals surface area contributed by atoms with E-state index >= 15 is 8.78 Å². The van der Waals surface area contributed by atoms with Gasteiger partial charge in [-0.3, -0.25) is 4.98 Å². The first-order chi connectivity index (χ1) is 21.1. The average Bonchev–Trinajstić information content (AvgIpc) is 3.52. The van der Waals surface area contributed by atoms with Crippen LogP contribution in [0.1, 0.15) is 33.5 Å². The van der Waals surface area contributed by atoms with Crippen molar-refractivity contribution < 1.29 is 27.1 Å². The lowest BCUT2D eigenvalue weighted by atomic mass is 9.84. The van der Waals surface area contributed by atoms with E-state index < -0.39 is 46.8 Å². The molecule has 0 aliphatic heterocycles. The third kappa shape index (κ3) is 6.44. The van der Waals surface area contributed by atoms with E-state index in [1.54, 1.807) is 24.3 Å². The van der Waals surface area contributed by atoms with Crippen LogP contribution in [-0.2, 0) is 23.8 Å². The Morgan fingerprint density at radius 3 is 2.27 bits per heavy atom. The van der Waals surface area contributed by atoms with Crippen LogP contribution in [0.4, 0.5) is 22.0 Å². The summed E-state index contributed by atoms with van der Waals surface area (Å²) in [6.45, 7) is -0.961. The highest BCUT2D eigenvalue weighted by molar-refractivity contribution is 7.98. The predicted octanol–water partition coefficient (Wildman–Crippen LogP) is 5.73. The standard InChI is InChI=1S/C31H19F5N6OS/c32-24-8-11-26(28(34)14-24)30(43,18-42-19-39-40-41-42)31(35,36)29-12-6-21(16-38-29)2-1-20-4-9-25(10-5-20)44-17-22-3-7-23(15-37)27(33)13-22/h3-14,16,19,43H,17-18H2. The number of nitriles is 1. The molecule has 5 aromatic rings. The van der Waals surface area contributed by atoms with Crippen molar-refractivity contribution in [2.45, 2.75) is 28.7 Å². The normalized spacial score (nSPS) is 12.6. The van der Waals surface area contributed by atoms with Crippen LogP contribution in [0.3, 0.4) is 0 Å². The number of aromatic nitrogens is 5. The molecule has 2 aromatic heterocycles. The van der Waals surface area contributed by atoms with Gasteiger partial charge in [0.15, 0.2) is 5.60 Å². The minimum absolute atomic E-state index is 0.0111. The van der Waals surface area contributed by atoms with Crippen LogP contribution < -0.4 is 0 Å². The highest BCUT2D eigenvalue weighted by Crippen LogP contribution is 2.46. The van der Waals surface area contributed by atoms with Gasteiger partial charge in [-0.05, 0) is 76.7 Å². The summed E-state index contributed by atoms with van der Waals surface area (Å²) < 4.78 is 74.6. The number of rotatable bonds is 8. The number of nitrogens with zero attached hydrogens (tertiary/aromatic N) is 6. The molecule has 2 heterocycles. The van der Waals surface area contributed by atoms with Crippen LogP contribution in [-0.4, -0.2) is 30.3 Å². The minimum atomic E-state index is -4.18. The minimum Gasteiger partial charge on any atom is -0.377 e. The number of alkyl halides is 2. The lowest BCUT2D eigenvalue weighted by Crippen LogP contribution is -2.48. The smallest absolute Gasteiger partial charge is 0.323 e. The second-order valence-electron chi connectivity index (χ2n) is 9.49. The molecule has 220 valence electrons. The lowest BCUT2D eigenvalue weighted by molar-refractivity contribution is -0.207. The third-order valence-corrected chi connectivity index (χ3v) is 7.61. The summed E-state index contributed by atoms with van der Waals surface area (Å²) in [4.78, 5) is 4.70. The molecule has 1 unspecified atom stereocenters. The fourth-order valence-electron chi connectivity index (χ4n) is 4.22. The number of thioether (sulfide) groups is 1. The first kappa shape index (κ1) is 30.4. The quantitative estimate of drug-likeness (QED) is 0.135. The van der Waals surface area contributed by atoms with Crippen LogP contribution in [0.2, 0.25) is 0 Å². The van der Waals surface area contributed by atoms with E-state index in [0.717, 1.165) is 45.9 Å². The van der Waals surface area contributed by atoms with Crippen molar-refractivity contribution in [2.75, 3.05) is 0 Å². The van der Waals surface area contributed by atoms with E-state index in [0.29, 0.717) is 22.9 Å². The summed E-state index contributed by atoms with van der Waals surface area (Å²) in [6, 6.07) is 17.6. The van der Waals surface area contributed by atoms with Gasteiger partial charge in [0.05, 0.1) is 12.1 Å². The van der Waals surface area contributed by atoms with E-state index in [1.807, 2.05) is 12.1 Å². The molecule has 1 atom stereocenters. The zero-order valence-corrected chi connectivity index (χ0v) is 23.2. The Labute approximate surface area is 252 Å². The fraction of sp³-hybridized carbons (Fsp3) is 0.129. The third-order valence-electron chi connectivity index (χ3n) is 6.53. The summed E-state index contributed by atoms with van der Waals surface area (Å²) in [7, 11) is 0. The van der Waals surface area contributed by atoms with Gasteiger partial charge < -0.3 is 5.11 Å². The van der Waals surface area contributed by atoms with Crippen LogP contribution >= 0.6 is 11.8 Å². The summed E-state index contributed by atoms with van der Waals surface area (Å²) in [5.41, 5.74) is -3.34. The highest BCUT2D eigenvalue weighted by Gasteiger charge is 2.58. The Kier molecular flexibility index (Phi) is 8.71. The summed E-state index contributed by atoms with van der Waals surface area (Å²) >= 11 is 1.47. The SMILES string of the molecule is N#Cc1ccc(CSc2ccc(C#Cc3ccc(C(F)(F)C(O)(Cn4cnnn4)c4ccc(F)cc4F)nc3)cc2)cc1F. The lowest BCUT2D eigenvalue weighted by Gasteiger charge is -2.35. The molecule has 1 N–H and O–H groups in total. The Balaban J connectivity index is 1.31. The Morgan fingerprint density at radius 1 is 0.886 bits per heavy atom. The van der Waals surface area contributed by atoms with Crippen molar-refractivity contribution in [3.8, 4) is 17.9 Å². The molecule has 0 spiro atoms. The van der Waals surface area contributed by atoms with E-state index in [1.165, 1.54) is 30.0 Å². The van der Waals surface area contributed by atoms with Gasteiger partial charge in [0.25, 0.3) is 0 Å². The van der Waals surface area contributed by atoms with Crippen molar-refractivity contribution >= 4 is 11.8 Å². The van der Waals surface area contributed by atoms with Gasteiger partial charge in [0, 0.05) is 39.6 Å². The molecule has 0 amide bonds. The number of tetrazole rings is 1. The first-order valence-electron chi connectivity index (χ1n) is 12.8. The summed E-state index contributed by atoms with van der Waals surface area (Å²) in [5.74, 6) is -0.895. The van der Waals surface area contributed by atoms with E-state index in [2.05, 4.69) is 32.4 Å². The van der Waals surface area contributed by atoms with Crippen molar-refractivity contribution in [1.82, 2.24) is 25.2 Å². The van der Waals surface area contributed by atoms with Crippen molar-refractivity contribution in [2.24, 2.45) is 0 Å². The molecular weight excluding hydrogens is 599 g/mol. The Morgan fingerprint density at radius 2 is 1.64 bits per heavy atom. The van der Waals surface area contributed by atoms with Gasteiger partial charge in [-0.2, -0.15) is 14.0 Å². The number of pyridine rings is 1. The monoisotopic (exact) mass is 618 g/mol. The number of benzene rings is 3. The average molecular weight is 619 g/mol. The number of hydrogen-bond donors (Lipinski definition) is 1. The molecule has 0 bridgehead atoms. The Bertz CT molecular complexity index is 1880. The van der Waals surface area contributed by atoms with Gasteiger partial charge >= 0.3 is 5.92 Å². The molecule has 44 heavy (non-hydrogen) atoms. The topological polar surface area (TPSA) is 101 Å². The van der Waals surface area contributed by atoms with E-state index in [9.17, 15) is 18.3 Å². The number of aliphatic hydroxyl groups is 1. The largest absolute Gasteiger partial charge is 0.377 e. The van der Waals surface area contributed by atoms with Crippen molar-refractivity contribution in [3.63, 3.8) is 0 Å². The molecule has 7 nitrogen and oxygen atoms in total. The molecule has 3 aromatic carbocycles. The molecule has 0 saturated heterocycles. The Hall–Kier alpha value is -5.11. The van der Waals surface area contributed by atoms with Crippen LogP contribution in [0.15, 0.2) is 90.2 Å². The second-order valence-corrected chi connectivity index (χ2v) is 10.5. The van der Waals surface area contributed by atoms with Crippen LogP contribution in [0.25, 0.3) is 0 Å². The molecule has 0 aliphatic carbocycles. The molecule has 0 saturated carbocycles. The van der Waals surface area contributed by atoms with Crippen molar-refractivity contribution in [1.29, 1.82) is 5.26 Å². The van der Waals surface area contributed by atoms with Gasteiger partial charge in [-0.15, -0.1) is 16.9 Å². The number of hydrogen-bond acceptors (Lipinski definition) is 7. The molecule has 0 radical (unpaired) electrons. The second kappa shape index (κ2) is 12.6. The van der Waals surface area contributed by atoms with E-state index in [4.69, 9.17) is 5.26 Å². The highest BCUT2D eigenvalue weighted by atomic mass is 32.2. The van der Waals surface area contributed by atoms with Gasteiger partial charge in [-0.25, -0.2) is 17.9 Å². The fourth-order valence-corrected chi connectivity index (χ4v) is 5.06. The first-order valence-corrected chi connectivity index (χ1v) is 13.7. The van der Waals surface area contributed by atoms with Gasteiger partial charge in [0.2, 0.25) is 0 Å². The predicted molar refractivity (Wildman–Crippen MR) is 149 cm³/mol. The van der Waals surface area contributed by atoms with E-state index in [-0.39, 0.29) is 5.56 Å². The summed E-state index contributed by atoms with van der Waals surface area (Å²) in [5, 5.41) is 30.3. The van der Waals surface area contributed by atoms with Crippen LogP contribution in [0, 0.1) is 40.6 Å². The maximum absolute atomic E-state index is 15.9. The summed E-state index contributed by atoms with van der Waals surface area (Å²) in [6.07, 6.45) is 2.06. The number of halogens is 5. The van der Waals surface area contributed by atoms with Crippen LogP contribution in [0.5, 0.6) is 0 Å². The zero-order chi connectivity index (χ0) is 31.3. The zero-order valence-electron chi connectivity index (χ0n) is 22.4. The molecule has 13 heteroatoms. The molecule has 0 aliphatic rings. The van der Waals surface area contributed by atoms with Crippen molar-refractivity contribution in [3.05, 3.63) is 136 Å². The molecular formula is C31H19F5N6OS. The van der Waals surface area contributed by atoms with Gasteiger partial charge in [0.1, 0.15) is 35.5 Å². The maximum Gasteiger partial charge on any atom is 0.323 e.